The fourth-order valence-electron chi connectivity index (χ4n) is 2.28. The number of benzene rings is 2. The first-order chi connectivity index (χ1) is 10.1. The molecule has 0 amide bonds. The summed E-state index contributed by atoms with van der Waals surface area (Å²) in [6.45, 7) is 0. The predicted octanol–water partition coefficient (Wildman–Crippen LogP) is 4.24. The van der Waals surface area contributed by atoms with Crippen LogP contribution >= 0.6 is 15.9 Å². The summed E-state index contributed by atoms with van der Waals surface area (Å²) in [6, 6.07) is 9.41. The van der Waals surface area contributed by atoms with Gasteiger partial charge in [0.15, 0.2) is 11.6 Å². The van der Waals surface area contributed by atoms with Gasteiger partial charge in [0.1, 0.15) is 5.82 Å². The third-order valence-corrected chi connectivity index (χ3v) is 4.08. The van der Waals surface area contributed by atoms with Gasteiger partial charge in [-0.05, 0) is 37.2 Å². The van der Waals surface area contributed by atoms with Gasteiger partial charge in [-0.3, -0.25) is 0 Å². The van der Waals surface area contributed by atoms with Gasteiger partial charge in [0.2, 0.25) is 0 Å². The van der Waals surface area contributed by atoms with Crippen LogP contribution in [0.2, 0.25) is 0 Å². The molecule has 0 aromatic heterocycles. The molecule has 21 heavy (non-hydrogen) atoms. The molecule has 1 unspecified atom stereocenters. The first-order valence-corrected chi connectivity index (χ1v) is 7.30. The lowest BCUT2D eigenvalue weighted by Crippen LogP contribution is -2.21. The minimum absolute atomic E-state index is 0.190. The topological polar surface area (TPSA) is 21.3 Å². The number of rotatable bonds is 5. The fraction of sp³-hybridized carbons (Fsp3) is 0.250. The second-order valence-corrected chi connectivity index (χ2v) is 5.47. The van der Waals surface area contributed by atoms with Crippen LogP contribution in [0.15, 0.2) is 40.9 Å². The fourth-order valence-corrected chi connectivity index (χ4v) is 2.90. The van der Waals surface area contributed by atoms with Crippen LogP contribution in [0, 0.1) is 11.6 Å². The summed E-state index contributed by atoms with van der Waals surface area (Å²) < 4.78 is 33.9. The smallest absolute Gasteiger partial charge is 0.168 e. The number of methoxy groups -OCH3 is 1. The van der Waals surface area contributed by atoms with Crippen molar-refractivity contribution < 1.29 is 13.5 Å². The molecule has 0 radical (unpaired) electrons. The molecule has 1 N–H and O–H groups in total. The largest absolute Gasteiger partial charge is 0.494 e. The van der Waals surface area contributed by atoms with E-state index < -0.39 is 5.82 Å². The molecule has 112 valence electrons. The Labute approximate surface area is 131 Å². The third kappa shape index (κ3) is 3.41. The number of nitrogens with one attached hydrogen (secondary N) is 1. The molecular formula is C16H16BrF2NO. The zero-order chi connectivity index (χ0) is 15.4. The highest BCUT2D eigenvalue weighted by atomic mass is 79.9. The van der Waals surface area contributed by atoms with Gasteiger partial charge in [-0.1, -0.05) is 34.1 Å². The zero-order valence-corrected chi connectivity index (χ0v) is 13.4. The Morgan fingerprint density at radius 2 is 1.90 bits per heavy atom. The van der Waals surface area contributed by atoms with Crippen molar-refractivity contribution >= 4 is 15.9 Å². The Kier molecular flexibility index (Phi) is 5.31. The highest BCUT2D eigenvalue weighted by molar-refractivity contribution is 9.10. The summed E-state index contributed by atoms with van der Waals surface area (Å²) in [7, 11) is 3.15. The van der Waals surface area contributed by atoms with Crippen LogP contribution in [0.5, 0.6) is 5.75 Å². The molecule has 0 fully saturated rings. The number of ether oxygens (including phenoxy) is 1. The van der Waals surface area contributed by atoms with Gasteiger partial charge in [0, 0.05) is 16.1 Å². The van der Waals surface area contributed by atoms with E-state index >= 15 is 0 Å². The maximum atomic E-state index is 14.2. The van der Waals surface area contributed by atoms with Crippen LogP contribution < -0.4 is 10.1 Å². The first-order valence-electron chi connectivity index (χ1n) is 6.51. The molecule has 5 heteroatoms. The maximum Gasteiger partial charge on any atom is 0.168 e. The number of hydrogen-bond donors (Lipinski definition) is 1. The SMILES string of the molecule is CNC(Cc1cccc(OC)c1F)c1c(F)cccc1Br. The van der Waals surface area contributed by atoms with Gasteiger partial charge in [-0.15, -0.1) is 0 Å². The molecule has 2 aromatic rings. The Bertz CT molecular complexity index is 613. The molecule has 0 bridgehead atoms. The second kappa shape index (κ2) is 7.00. The summed E-state index contributed by atoms with van der Waals surface area (Å²) in [5.41, 5.74) is 0.964. The third-order valence-electron chi connectivity index (χ3n) is 3.38. The zero-order valence-electron chi connectivity index (χ0n) is 11.8. The lowest BCUT2D eigenvalue weighted by atomic mass is 9.98. The predicted molar refractivity (Wildman–Crippen MR) is 82.6 cm³/mol. The van der Waals surface area contributed by atoms with E-state index in [0.29, 0.717) is 22.0 Å². The highest BCUT2D eigenvalue weighted by Gasteiger charge is 2.20. The Balaban J connectivity index is 2.36. The minimum Gasteiger partial charge on any atom is -0.494 e. The first kappa shape index (κ1) is 15.9. The molecule has 0 spiro atoms. The van der Waals surface area contributed by atoms with E-state index in [-0.39, 0.29) is 17.6 Å². The van der Waals surface area contributed by atoms with Gasteiger partial charge in [-0.25, -0.2) is 8.78 Å². The van der Waals surface area contributed by atoms with E-state index in [9.17, 15) is 8.78 Å². The molecular weight excluding hydrogens is 340 g/mol. The lowest BCUT2D eigenvalue weighted by molar-refractivity contribution is 0.382. The van der Waals surface area contributed by atoms with Crippen LogP contribution in [-0.4, -0.2) is 14.2 Å². The molecule has 0 saturated heterocycles. The average molecular weight is 356 g/mol. The summed E-state index contributed by atoms with van der Waals surface area (Å²) >= 11 is 3.35. The van der Waals surface area contributed by atoms with Crippen molar-refractivity contribution in [2.45, 2.75) is 12.5 Å². The van der Waals surface area contributed by atoms with E-state index in [1.165, 1.54) is 13.2 Å². The van der Waals surface area contributed by atoms with Gasteiger partial charge in [-0.2, -0.15) is 0 Å². The van der Waals surface area contributed by atoms with E-state index in [2.05, 4.69) is 21.2 Å². The number of likely N-dealkylation sites (N-methyl/N-ethyl adjacent to an activating group) is 1. The maximum absolute atomic E-state index is 14.2. The molecule has 2 rings (SSSR count). The highest BCUT2D eigenvalue weighted by Crippen LogP contribution is 2.30. The summed E-state index contributed by atoms with van der Waals surface area (Å²) in [6.07, 6.45) is 0.319. The molecule has 0 aliphatic heterocycles. The number of halogens is 3. The quantitative estimate of drug-likeness (QED) is 0.865. The standard InChI is InChI=1S/C16H16BrF2NO/c1-20-13(15-11(17)6-4-7-12(15)18)9-10-5-3-8-14(21-2)16(10)19/h3-8,13,20H,9H2,1-2H3. The van der Waals surface area contributed by atoms with E-state index in [1.54, 1.807) is 37.4 Å². The molecule has 2 nitrogen and oxygen atoms in total. The Morgan fingerprint density at radius 1 is 1.19 bits per heavy atom. The number of hydrogen-bond acceptors (Lipinski definition) is 2. The van der Waals surface area contributed by atoms with Crippen LogP contribution in [0.4, 0.5) is 8.78 Å². The van der Waals surface area contributed by atoms with Crippen molar-refractivity contribution in [3.63, 3.8) is 0 Å². The minimum atomic E-state index is -0.410. The van der Waals surface area contributed by atoms with E-state index in [4.69, 9.17) is 4.74 Å². The van der Waals surface area contributed by atoms with Crippen molar-refractivity contribution in [1.82, 2.24) is 5.32 Å². The molecule has 0 heterocycles. The monoisotopic (exact) mass is 355 g/mol. The van der Waals surface area contributed by atoms with Gasteiger partial charge < -0.3 is 10.1 Å². The van der Waals surface area contributed by atoms with Gasteiger partial charge >= 0.3 is 0 Å². The van der Waals surface area contributed by atoms with Crippen molar-refractivity contribution in [1.29, 1.82) is 0 Å². The lowest BCUT2D eigenvalue weighted by Gasteiger charge is -2.19. The van der Waals surface area contributed by atoms with Crippen LogP contribution in [0.3, 0.4) is 0 Å². The van der Waals surface area contributed by atoms with Gasteiger partial charge in [0.05, 0.1) is 7.11 Å². The van der Waals surface area contributed by atoms with Gasteiger partial charge in [0.25, 0.3) is 0 Å². The second-order valence-electron chi connectivity index (χ2n) is 4.61. The average Bonchev–Trinajstić information content (AvgIpc) is 2.47. The normalized spacial score (nSPS) is 12.2. The Morgan fingerprint density at radius 3 is 2.52 bits per heavy atom. The van der Waals surface area contributed by atoms with Crippen LogP contribution in [-0.2, 0) is 6.42 Å². The summed E-state index contributed by atoms with van der Waals surface area (Å²) in [4.78, 5) is 0. The van der Waals surface area contributed by atoms with Crippen molar-refractivity contribution in [2.24, 2.45) is 0 Å². The summed E-state index contributed by atoms with van der Waals surface area (Å²) in [5, 5.41) is 3.04. The Hall–Kier alpha value is -1.46. The van der Waals surface area contributed by atoms with Crippen molar-refractivity contribution in [2.75, 3.05) is 14.2 Å². The van der Waals surface area contributed by atoms with Crippen LogP contribution in [0.25, 0.3) is 0 Å². The van der Waals surface area contributed by atoms with Crippen LogP contribution in [0.1, 0.15) is 17.2 Å². The molecule has 1 atom stereocenters. The molecule has 0 aliphatic rings. The molecule has 0 saturated carbocycles. The van der Waals surface area contributed by atoms with Crippen molar-refractivity contribution in [3.05, 3.63) is 63.6 Å². The molecule has 0 aliphatic carbocycles. The van der Waals surface area contributed by atoms with E-state index in [0.717, 1.165) is 0 Å². The van der Waals surface area contributed by atoms with E-state index in [1.807, 2.05) is 0 Å². The molecule has 2 aromatic carbocycles. The summed E-state index contributed by atoms with van der Waals surface area (Å²) in [5.74, 6) is -0.547. The van der Waals surface area contributed by atoms with Crippen molar-refractivity contribution in [3.8, 4) is 5.75 Å².